The molecule has 0 heterocycles. The van der Waals surface area contributed by atoms with Crippen molar-refractivity contribution < 1.29 is 4.43 Å². The zero-order chi connectivity index (χ0) is 15.0. The summed E-state index contributed by atoms with van der Waals surface area (Å²) in [6.45, 7) is 4.41. The molecule has 0 N–H and O–H groups in total. The standard InChI is InChI=1S/C19H20OSi/c1-3-5-12-17-20-21(4-2,18-13-8-6-9-14-18)19-15-10-7-11-16-19/h2-3,6-11,13-16H,1,5,12,17H2. The molecule has 0 aromatic heterocycles. The Morgan fingerprint density at radius 2 is 1.52 bits per heavy atom. The van der Waals surface area contributed by atoms with Crippen LogP contribution in [0.25, 0.3) is 0 Å². The predicted octanol–water partition coefficient (Wildman–Crippen LogP) is 2.90. The van der Waals surface area contributed by atoms with Crippen LogP contribution >= 0.6 is 0 Å². The molecule has 0 aliphatic carbocycles. The summed E-state index contributed by atoms with van der Waals surface area (Å²) in [6, 6.07) is 20.4. The predicted molar refractivity (Wildman–Crippen MR) is 92.1 cm³/mol. The van der Waals surface area contributed by atoms with Crippen LogP contribution in [0.5, 0.6) is 0 Å². The number of benzene rings is 2. The van der Waals surface area contributed by atoms with Gasteiger partial charge >= 0.3 is 8.32 Å². The Balaban J connectivity index is 2.38. The molecular formula is C19H20OSi. The summed E-state index contributed by atoms with van der Waals surface area (Å²) in [6.07, 6.45) is 9.75. The second-order valence-electron chi connectivity index (χ2n) is 4.84. The molecule has 0 radical (unpaired) electrons. The van der Waals surface area contributed by atoms with Crippen molar-refractivity contribution in [1.29, 1.82) is 0 Å². The van der Waals surface area contributed by atoms with Gasteiger partial charge in [-0.25, -0.2) is 0 Å². The number of allylic oxidation sites excluding steroid dienone is 1. The average molecular weight is 292 g/mol. The Kier molecular flexibility index (Phi) is 5.56. The van der Waals surface area contributed by atoms with Gasteiger partial charge in [-0.2, -0.15) is 0 Å². The lowest BCUT2D eigenvalue weighted by Gasteiger charge is -2.27. The van der Waals surface area contributed by atoms with Crippen LogP contribution in [0.3, 0.4) is 0 Å². The maximum absolute atomic E-state index is 6.31. The van der Waals surface area contributed by atoms with Gasteiger partial charge in [-0.1, -0.05) is 72.3 Å². The van der Waals surface area contributed by atoms with Crippen LogP contribution in [0.4, 0.5) is 0 Å². The van der Waals surface area contributed by atoms with E-state index in [9.17, 15) is 0 Å². The summed E-state index contributed by atoms with van der Waals surface area (Å²) in [7, 11) is -2.58. The smallest absolute Gasteiger partial charge is 0.337 e. The zero-order valence-corrected chi connectivity index (χ0v) is 13.2. The molecule has 2 heteroatoms. The van der Waals surface area contributed by atoms with Crippen molar-refractivity contribution in [2.24, 2.45) is 0 Å². The first-order chi connectivity index (χ1) is 10.3. The van der Waals surface area contributed by atoms with E-state index in [-0.39, 0.29) is 0 Å². The van der Waals surface area contributed by atoms with E-state index >= 15 is 0 Å². The van der Waals surface area contributed by atoms with E-state index in [0.29, 0.717) is 6.61 Å². The van der Waals surface area contributed by atoms with E-state index in [1.807, 2.05) is 42.5 Å². The summed E-state index contributed by atoms with van der Waals surface area (Å²) in [5.41, 5.74) is 3.02. The van der Waals surface area contributed by atoms with Gasteiger partial charge in [0.05, 0.1) is 0 Å². The van der Waals surface area contributed by atoms with Crippen molar-refractivity contribution in [3.05, 3.63) is 73.3 Å². The highest BCUT2D eigenvalue weighted by Crippen LogP contribution is 2.08. The summed E-state index contributed by atoms with van der Waals surface area (Å²) in [5.74, 6) is 0. The van der Waals surface area contributed by atoms with Gasteiger partial charge in [-0.3, -0.25) is 0 Å². The minimum absolute atomic E-state index is 0.659. The minimum atomic E-state index is -2.58. The van der Waals surface area contributed by atoms with Crippen LogP contribution in [0.1, 0.15) is 12.8 Å². The van der Waals surface area contributed by atoms with Crippen LogP contribution in [0.15, 0.2) is 73.3 Å². The molecule has 0 aliphatic rings. The van der Waals surface area contributed by atoms with E-state index in [1.165, 1.54) is 0 Å². The Morgan fingerprint density at radius 3 is 1.95 bits per heavy atom. The maximum Gasteiger partial charge on any atom is 0.337 e. The monoisotopic (exact) mass is 292 g/mol. The van der Waals surface area contributed by atoms with Gasteiger partial charge in [0.15, 0.2) is 0 Å². The third kappa shape index (κ3) is 3.52. The fourth-order valence-electron chi connectivity index (χ4n) is 2.34. The highest BCUT2D eigenvalue weighted by molar-refractivity contribution is 7.03. The minimum Gasteiger partial charge on any atom is -0.399 e. The van der Waals surface area contributed by atoms with Gasteiger partial charge in [0, 0.05) is 6.61 Å². The fourth-order valence-corrected chi connectivity index (χ4v) is 5.20. The van der Waals surface area contributed by atoms with Crippen molar-refractivity contribution in [1.82, 2.24) is 0 Å². The van der Waals surface area contributed by atoms with E-state index < -0.39 is 8.32 Å². The number of hydrogen-bond acceptors (Lipinski definition) is 1. The van der Waals surface area contributed by atoms with E-state index in [0.717, 1.165) is 23.2 Å². The third-order valence-electron chi connectivity index (χ3n) is 3.44. The zero-order valence-electron chi connectivity index (χ0n) is 12.2. The van der Waals surface area contributed by atoms with Gasteiger partial charge in [-0.05, 0) is 23.2 Å². The number of rotatable bonds is 7. The van der Waals surface area contributed by atoms with Gasteiger partial charge in [0.2, 0.25) is 0 Å². The molecule has 21 heavy (non-hydrogen) atoms. The Morgan fingerprint density at radius 1 is 1.00 bits per heavy atom. The molecule has 2 rings (SSSR count). The third-order valence-corrected chi connectivity index (χ3v) is 6.77. The normalized spacial score (nSPS) is 10.8. The van der Waals surface area contributed by atoms with Crippen molar-refractivity contribution in [2.75, 3.05) is 6.61 Å². The average Bonchev–Trinajstić information content (AvgIpc) is 2.57. The summed E-state index contributed by atoms with van der Waals surface area (Å²) in [5, 5.41) is 2.25. The molecule has 0 aliphatic heterocycles. The highest BCUT2D eigenvalue weighted by atomic mass is 28.4. The number of terminal acetylenes is 1. The van der Waals surface area contributed by atoms with Crippen LogP contribution in [-0.2, 0) is 4.43 Å². The van der Waals surface area contributed by atoms with Crippen molar-refractivity contribution in [3.8, 4) is 12.0 Å². The quantitative estimate of drug-likeness (QED) is 0.330. The van der Waals surface area contributed by atoms with Gasteiger partial charge in [0.25, 0.3) is 0 Å². The van der Waals surface area contributed by atoms with Crippen LogP contribution in [-0.4, -0.2) is 14.9 Å². The molecule has 0 fully saturated rings. The first-order valence-corrected chi connectivity index (χ1v) is 9.08. The Bertz CT molecular complexity index is 559. The lowest BCUT2D eigenvalue weighted by molar-refractivity contribution is 0.318. The molecular weight excluding hydrogens is 272 g/mol. The number of hydrogen-bond donors (Lipinski definition) is 0. The topological polar surface area (TPSA) is 9.23 Å². The van der Waals surface area contributed by atoms with Crippen molar-refractivity contribution >= 4 is 18.7 Å². The summed E-state index contributed by atoms with van der Waals surface area (Å²) >= 11 is 0. The second kappa shape index (κ2) is 7.63. The van der Waals surface area contributed by atoms with Crippen LogP contribution in [0.2, 0.25) is 0 Å². The Hall–Kier alpha value is -2.08. The molecule has 2 aromatic rings. The highest BCUT2D eigenvalue weighted by Gasteiger charge is 2.38. The molecule has 0 saturated heterocycles. The maximum atomic E-state index is 6.31. The van der Waals surface area contributed by atoms with Crippen molar-refractivity contribution in [2.45, 2.75) is 12.8 Å². The van der Waals surface area contributed by atoms with Gasteiger partial charge < -0.3 is 4.43 Å². The first kappa shape index (κ1) is 15.3. The SMILES string of the molecule is C#C[Si](OCCCC=C)(c1ccccc1)c1ccccc1. The second-order valence-corrected chi connectivity index (χ2v) is 7.93. The van der Waals surface area contributed by atoms with E-state index in [4.69, 9.17) is 10.8 Å². The molecule has 1 nitrogen and oxygen atoms in total. The lowest BCUT2D eigenvalue weighted by atomic mass is 10.3. The molecule has 0 saturated carbocycles. The molecule has 0 bridgehead atoms. The molecule has 0 atom stereocenters. The van der Waals surface area contributed by atoms with Crippen LogP contribution in [0, 0.1) is 12.0 Å². The van der Waals surface area contributed by atoms with E-state index in [1.54, 1.807) is 0 Å². The summed E-state index contributed by atoms with van der Waals surface area (Å²) < 4.78 is 6.31. The van der Waals surface area contributed by atoms with Gasteiger partial charge in [-0.15, -0.1) is 13.0 Å². The first-order valence-electron chi connectivity index (χ1n) is 7.17. The summed E-state index contributed by atoms with van der Waals surface area (Å²) in [4.78, 5) is 0. The molecule has 0 amide bonds. The molecule has 2 aromatic carbocycles. The van der Waals surface area contributed by atoms with Crippen LogP contribution < -0.4 is 10.4 Å². The molecule has 0 spiro atoms. The molecule has 106 valence electrons. The lowest BCUT2D eigenvalue weighted by Crippen LogP contribution is -2.60. The van der Waals surface area contributed by atoms with E-state index in [2.05, 4.69) is 36.4 Å². The number of unbranched alkanes of at least 4 members (excludes halogenated alkanes) is 1. The van der Waals surface area contributed by atoms with Gasteiger partial charge in [0.1, 0.15) is 0 Å². The Labute approximate surface area is 128 Å². The fraction of sp³-hybridized carbons (Fsp3) is 0.158. The molecule has 0 unspecified atom stereocenters. The van der Waals surface area contributed by atoms with Crippen molar-refractivity contribution in [3.63, 3.8) is 0 Å². The largest absolute Gasteiger partial charge is 0.399 e.